The van der Waals surface area contributed by atoms with Crippen LogP contribution in [-0.4, -0.2) is 27.0 Å². The number of fused-ring (bicyclic) bond motifs is 1. The molecule has 0 saturated heterocycles. The molecule has 3 rings (SSSR count). The number of amides is 1. The smallest absolute Gasteiger partial charge is 0.264 e. The molecule has 1 aliphatic heterocycles. The molecule has 1 atom stereocenters. The van der Waals surface area contributed by atoms with Gasteiger partial charge in [-0.1, -0.05) is 29.8 Å². The number of nitrogens with two attached hydrogens (primary N) is 1. The molecule has 0 aromatic heterocycles. The Morgan fingerprint density at radius 1 is 1.21 bits per heavy atom. The van der Waals surface area contributed by atoms with Gasteiger partial charge >= 0.3 is 0 Å². The molecule has 7 heteroatoms. The third-order valence-corrected chi connectivity index (χ3v) is 5.89. The van der Waals surface area contributed by atoms with E-state index < -0.39 is 22.0 Å². The van der Waals surface area contributed by atoms with E-state index in [4.69, 9.17) is 10.5 Å². The van der Waals surface area contributed by atoms with Gasteiger partial charge in [-0.05, 0) is 37.6 Å². The van der Waals surface area contributed by atoms with Crippen LogP contribution in [0.1, 0.15) is 11.1 Å². The van der Waals surface area contributed by atoms with Crippen LogP contribution in [-0.2, 0) is 14.8 Å². The number of hydrogen-bond donors (Lipinski definition) is 1. The van der Waals surface area contributed by atoms with Gasteiger partial charge in [-0.3, -0.25) is 9.10 Å². The average molecular weight is 346 g/mol. The van der Waals surface area contributed by atoms with Gasteiger partial charge in [0.1, 0.15) is 5.75 Å². The van der Waals surface area contributed by atoms with Crippen molar-refractivity contribution in [3.8, 4) is 5.75 Å². The molecule has 6 nitrogen and oxygen atoms in total. The van der Waals surface area contributed by atoms with E-state index in [1.807, 2.05) is 13.0 Å². The number of carbonyl (C=O) groups excluding carboxylic acids is 1. The minimum Gasteiger partial charge on any atom is -0.476 e. The molecule has 0 aliphatic carbocycles. The zero-order valence-corrected chi connectivity index (χ0v) is 14.2. The van der Waals surface area contributed by atoms with Crippen molar-refractivity contribution in [2.45, 2.75) is 24.8 Å². The lowest BCUT2D eigenvalue weighted by molar-refractivity contribution is -0.124. The number of sulfonamides is 1. The predicted octanol–water partition coefficient (Wildman–Crippen LogP) is 1.75. The van der Waals surface area contributed by atoms with Gasteiger partial charge in [0.2, 0.25) is 0 Å². The Hall–Kier alpha value is -2.54. The molecule has 0 saturated carbocycles. The van der Waals surface area contributed by atoms with E-state index in [-0.39, 0.29) is 11.4 Å². The van der Waals surface area contributed by atoms with Crippen molar-refractivity contribution >= 4 is 21.6 Å². The minimum atomic E-state index is -3.84. The number of para-hydroxylation sites is 2. The molecular formula is C17H18N2O4S. The molecule has 1 heterocycles. The maximum absolute atomic E-state index is 13.2. The van der Waals surface area contributed by atoms with E-state index in [0.717, 1.165) is 5.56 Å². The van der Waals surface area contributed by atoms with E-state index in [2.05, 4.69) is 0 Å². The normalized spacial score (nSPS) is 17.1. The summed E-state index contributed by atoms with van der Waals surface area (Å²) in [6.45, 7) is 3.50. The zero-order chi connectivity index (χ0) is 17.5. The Bertz CT molecular complexity index is 909. The Morgan fingerprint density at radius 3 is 2.58 bits per heavy atom. The number of primary amides is 1. The zero-order valence-electron chi connectivity index (χ0n) is 13.4. The second-order valence-electron chi connectivity index (χ2n) is 5.78. The van der Waals surface area contributed by atoms with E-state index in [9.17, 15) is 13.2 Å². The lowest BCUT2D eigenvalue weighted by atomic mass is 10.2. The largest absolute Gasteiger partial charge is 0.476 e. The maximum atomic E-state index is 13.2. The maximum Gasteiger partial charge on any atom is 0.264 e. The van der Waals surface area contributed by atoms with Crippen LogP contribution in [0.3, 0.4) is 0 Å². The first-order valence-electron chi connectivity index (χ1n) is 7.45. The summed E-state index contributed by atoms with van der Waals surface area (Å²) < 4.78 is 33.1. The van der Waals surface area contributed by atoms with Crippen molar-refractivity contribution in [1.29, 1.82) is 0 Å². The van der Waals surface area contributed by atoms with Crippen LogP contribution in [0.15, 0.2) is 47.4 Å². The number of ether oxygens (including phenoxy) is 1. The highest BCUT2D eigenvalue weighted by molar-refractivity contribution is 7.92. The van der Waals surface area contributed by atoms with Crippen LogP contribution in [0, 0.1) is 13.8 Å². The Morgan fingerprint density at radius 2 is 1.92 bits per heavy atom. The fourth-order valence-electron chi connectivity index (χ4n) is 2.79. The number of aryl methyl sites for hydroxylation is 2. The van der Waals surface area contributed by atoms with E-state index in [0.29, 0.717) is 17.0 Å². The first-order valence-corrected chi connectivity index (χ1v) is 8.89. The summed E-state index contributed by atoms with van der Waals surface area (Å²) in [5.41, 5.74) is 7.35. The standard InChI is InChI=1S/C17H18N2O4S/c1-11-7-8-16(12(2)9-11)24(21,22)19-10-15(17(18)20)23-14-6-4-3-5-13(14)19/h3-9,15H,10H2,1-2H3,(H2,18,20)/t15-/m1/s1. The summed E-state index contributed by atoms with van der Waals surface area (Å²) in [4.78, 5) is 11.8. The summed E-state index contributed by atoms with van der Waals surface area (Å²) in [6, 6.07) is 11.8. The van der Waals surface area contributed by atoms with Gasteiger partial charge in [-0.25, -0.2) is 8.42 Å². The third-order valence-electron chi connectivity index (χ3n) is 3.95. The van der Waals surface area contributed by atoms with Gasteiger partial charge in [0.05, 0.1) is 17.1 Å². The molecule has 1 amide bonds. The van der Waals surface area contributed by atoms with E-state index in [1.54, 1.807) is 43.3 Å². The molecular weight excluding hydrogens is 328 g/mol. The highest BCUT2D eigenvalue weighted by Crippen LogP contribution is 2.37. The lowest BCUT2D eigenvalue weighted by Crippen LogP contribution is -2.49. The monoisotopic (exact) mass is 346 g/mol. The molecule has 0 bridgehead atoms. The fraction of sp³-hybridized carbons (Fsp3) is 0.235. The topological polar surface area (TPSA) is 89.7 Å². The molecule has 0 spiro atoms. The molecule has 2 N–H and O–H groups in total. The highest BCUT2D eigenvalue weighted by Gasteiger charge is 2.37. The molecule has 1 aliphatic rings. The van der Waals surface area contributed by atoms with E-state index >= 15 is 0 Å². The van der Waals surface area contributed by atoms with Gasteiger partial charge in [0.25, 0.3) is 15.9 Å². The number of benzene rings is 2. The third kappa shape index (κ3) is 2.71. The van der Waals surface area contributed by atoms with Crippen LogP contribution in [0.4, 0.5) is 5.69 Å². The summed E-state index contributed by atoms with van der Waals surface area (Å²) in [6.07, 6.45) is -1.03. The van der Waals surface area contributed by atoms with Crippen molar-refractivity contribution in [2.75, 3.05) is 10.8 Å². The summed E-state index contributed by atoms with van der Waals surface area (Å²) >= 11 is 0. The van der Waals surface area contributed by atoms with Gasteiger partial charge in [-0.15, -0.1) is 0 Å². The SMILES string of the molecule is Cc1ccc(S(=O)(=O)N2C[C@H](C(N)=O)Oc3ccccc32)c(C)c1. The first-order chi connectivity index (χ1) is 11.3. The number of nitrogens with zero attached hydrogens (tertiary/aromatic N) is 1. The molecule has 2 aromatic carbocycles. The quantitative estimate of drug-likeness (QED) is 0.917. The summed E-state index contributed by atoms with van der Waals surface area (Å²) in [5.74, 6) is -0.383. The summed E-state index contributed by atoms with van der Waals surface area (Å²) in [7, 11) is -3.84. The molecule has 0 fully saturated rings. The second-order valence-corrected chi connectivity index (χ2v) is 7.61. The summed E-state index contributed by atoms with van der Waals surface area (Å²) in [5, 5.41) is 0. The number of hydrogen-bond acceptors (Lipinski definition) is 4. The lowest BCUT2D eigenvalue weighted by Gasteiger charge is -2.34. The Labute approximate surface area is 140 Å². The molecule has 126 valence electrons. The fourth-order valence-corrected chi connectivity index (χ4v) is 4.47. The Balaban J connectivity index is 2.14. The second kappa shape index (κ2) is 5.83. The molecule has 24 heavy (non-hydrogen) atoms. The van der Waals surface area contributed by atoms with Crippen LogP contribution in [0.25, 0.3) is 0 Å². The minimum absolute atomic E-state index is 0.151. The molecule has 0 unspecified atom stereocenters. The van der Waals surface area contributed by atoms with Gasteiger partial charge < -0.3 is 10.5 Å². The van der Waals surface area contributed by atoms with Crippen molar-refractivity contribution in [3.05, 3.63) is 53.6 Å². The van der Waals surface area contributed by atoms with Gasteiger partial charge in [0.15, 0.2) is 6.10 Å². The van der Waals surface area contributed by atoms with Crippen LogP contribution < -0.4 is 14.8 Å². The number of anilines is 1. The number of carbonyl (C=O) groups is 1. The highest BCUT2D eigenvalue weighted by atomic mass is 32.2. The van der Waals surface area contributed by atoms with Crippen molar-refractivity contribution in [3.63, 3.8) is 0 Å². The van der Waals surface area contributed by atoms with E-state index in [1.165, 1.54) is 4.31 Å². The Kier molecular flexibility index (Phi) is 3.96. The molecule has 2 aromatic rings. The molecule has 0 radical (unpaired) electrons. The van der Waals surface area contributed by atoms with Gasteiger partial charge in [0, 0.05) is 0 Å². The number of rotatable bonds is 3. The van der Waals surface area contributed by atoms with Gasteiger partial charge in [-0.2, -0.15) is 0 Å². The van der Waals surface area contributed by atoms with Crippen molar-refractivity contribution in [2.24, 2.45) is 5.73 Å². The predicted molar refractivity (Wildman–Crippen MR) is 90.5 cm³/mol. The first kappa shape index (κ1) is 16.3. The van der Waals surface area contributed by atoms with Crippen molar-refractivity contribution in [1.82, 2.24) is 0 Å². The van der Waals surface area contributed by atoms with Crippen LogP contribution in [0.2, 0.25) is 0 Å². The van der Waals surface area contributed by atoms with Crippen LogP contribution in [0.5, 0.6) is 5.75 Å². The van der Waals surface area contributed by atoms with Crippen molar-refractivity contribution < 1.29 is 17.9 Å². The average Bonchev–Trinajstić information content (AvgIpc) is 2.53. The van der Waals surface area contributed by atoms with Crippen LogP contribution >= 0.6 is 0 Å².